The molecule has 3 saturated heterocycles. The number of halogens is 2. The Bertz CT molecular complexity index is 728. The fourth-order valence-corrected chi connectivity index (χ4v) is 5.17. The molecule has 2 amide bonds. The average Bonchev–Trinajstić information content (AvgIpc) is 2.97. The highest BCUT2D eigenvalue weighted by atomic mass is 35.5. The highest BCUT2D eigenvalue weighted by Crippen LogP contribution is 2.39. The van der Waals surface area contributed by atoms with E-state index in [9.17, 15) is 9.59 Å². The minimum atomic E-state index is -0.317. The maximum absolute atomic E-state index is 13.0. The van der Waals surface area contributed by atoms with Crippen LogP contribution in [0.2, 0.25) is 0 Å². The van der Waals surface area contributed by atoms with Crippen molar-refractivity contribution in [1.29, 1.82) is 0 Å². The Labute approximate surface area is 184 Å². The van der Waals surface area contributed by atoms with Crippen LogP contribution in [0.3, 0.4) is 0 Å². The van der Waals surface area contributed by atoms with E-state index in [1.807, 2.05) is 23.4 Å². The fraction of sp³-hybridized carbons (Fsp3) is 0.789. The van der Waals surface area contributed by atoms with Gasteiger partial charge < -0.3 is 15.5 Å². The molecule has 3 aliphatic rings. The summed E-state index contributed by atoms with van der Waals surface area (Å²) >= 11 is 0. The number of fused-ring (bicyclic) bond motifs is 4. The largest absolute Gasteiger partial charge is 0.354 e. The van der Waals surface area contributed by atoms with Gasteiger partial charge in [0, 0.05) is 38.0 Å². The summed E-state index contributed by atoms with van der Waals surface area (Å²) in [5.41, 5.74) is 0. The Morgan fingerprint density at radius 2 is 2.00 bits per heavy atom. The number of aryl methyl sites for hydroxylation is 3. The molecule has 164 valence electrons. The molecule has 0 aromatic carbocycles. The molecule has 0 aliphatic carbocycles. The van der Waals surface area contributed by atoms with Crippen molar-refractivity contribution < 1.29 is 9.59 Å². The van der Waals surface area contributed by atoms with Gasteiger partial charge in [-0.15, -0.1) is 24.8 Å². The van der Waals surface area contributed by atoms with Crippen molar-refractivity contribution >= 4 is 36.6 Å². The summed E-state index contributed by atoms with van der Waals surface area (Å²) in [6, 6.07) is -0.0889. The smallest absolute Gasteiger partial charge is 0.243 e. The summed E-state index contributed by atoms with van der Waals surface area (Å²) in [6.07, 6.45) is 4.41. The van der Waals surface area contributed by atoms with Gasteiger partial charge in [0.25, 0.3) is 0 Å². The zero-order valence-corrected chi connectivity index (χ0v) is 18.7. The first-order valence-corrected chi connectivity index (χ1v) is 10.2. The van der Waals surface area contributed by atoms with E-state index in [4.69, 9.17) is 0 Å². The summed E-state index contributed by atoms with van der Waals surface area (Å²) in [7, 11) is 0. The molecule has 0 saturated carbocycles. The van der Waals surface area contributed by atoms with Gasteiger partial charge in [-0.05, 0) is 52.0 Å². The van der Waals surface area contributed by atoms with E-state index < -0.39 is 0 Å². The topological polar surface area (TPSA) is 92.2 Å². The zero-order valence-electron chi connectivity index (χ0n) is 17.1. The summed E-state index contributed by atoms with van der Waals surface area (Å²) in [4.78, 5) is 31.9. The van der Waals surface area contributed by atoms with Crippen LogP contribution in [0.5, 0.6) is 0 Å². The first-order chi connectivity index (χ1) is 13.0. The summed E-state index contributed by atoms with van der Waals surface area (Å²) < 4.78 is 1.88. The Balaban J connectivity index is 0.00000150. The number of hydrogen-bond donors (Lipinski definition) is 2. The second-order valence-electron chi connectivity index (χ2n) is 8.19. The Morgan fingerprint density at radius 1 is 1.24 bits per heavy atom. The maximum Gasteiger partial charge on any atom is 0.243 e. The van der Waals surface area contributed by atoms with Crippen molar-refractivity contribution in [1.82, 2.24) is 30.3 Å². The molecule has 3 fully saturated rings. The van der Waals surface area contributed by atoms with E-state index in [0.29, 0.717) is 18.9 Å². The molecule has 8 nitrogen and oxygen atoms in total. The van der Waals surface area contributed by atoms with Crippen molar-refractivity contribution in [2.75, 3.05) is 19.6 Å². The standard InChI is InChI=1S/C19H30N6O2.2ClH/c1-12-22-13(2)24(23-12)8-4-7-21-19(27)18-15-9-14(10-20-11-15)16-5-3-6-17(26)25(16)18;;/h14-16,18,20H,3-11H2,1-2H3,(H,21,27);2*1H/t14-,15+,16+,18-;;/m1../s1. The second-order valence-corrected chi connectivity index (χ2v) is 8.19. The maximum atomic E-state index is 13.0. The normalized spacial score (nSPS) is 28.1. The number of piperidine rings is 3. The Hall–Kier alpha value is -1.38. The van der Waals surface area contributed by atoms with Gasteiger partial charge in [-0.25, -0.2) is 4.98 Å². The van der Waals surface area contributed by atoms with E-state index in [1.54, 1.807) is 0 Å². The first-order valence-electron chi connectivity index (χ1n) is 10.2. The molecular weight excluding hydrogens is 415 g/mol. The predicted octanol–water partition coefficient (Wildman–Crippen LogP) is 1.23. The molecule has 1 aromatic rings. The predicted molar refractivity (Wildman–Crippen MR) is 114 cm³/mol. The van der Waals surface area contributed by atoms with Gasteiger partial charge in [0.05, 0.1) is 0 Å². The van der Waals surface area contributed by atoms with Crippen LogP contribution in [-0.2, 0) is 16.1 Å². The van der Waals surface area contributed by atoms with E-state index in [1.165, 1.54) is 0 Å². The third-order valence-electron chi connectivity index (χ3n) is 6.32. The number of nitrogens with one attached hydrogen (secondary N) is 2. The number of carbonyl (C=O) groups excluding carboxylic acids is 2. The van der Waals surface area contributed by atoms with Gasteiger partial charge in [0.2, 0.25) is 11.8 Å². The van der Waals surface area contributed by atoms with Crippen molar-refractivity contribution in [3.05, 3.63) is 11.6 Å². The molecule has 4 atom stereocenters. The van der Waals surface area contributed by atoms with E-state index in [0.717, 1.165) is 57.0 Å². The van der Waals surface area contributed by atoms with Crippen LogP contribution in [0.4, 0.5) is 0 Å². The van der Waals surface area contributed by atoms with E-state index in [2.05, 4.69) is 20.7 Å². The number of hydrogen-bond acceptors (Lipinski definition) is 5. The molecule has 29 heavy (non-hydrogen) atoms. The van der Waals surface area contributed by atoms with Gasteiger partial charge >= 0.3 is 0 Å². The molecular formula is C19H32Cl2N6O2. The van der Waals surface area contributed by atoms with Crippen LogP contribution < -0.4 is 10.6 Å². The quantitative estimate of drug-likeness (QED) is 0.663. The van der Waals surface area contributed by atoms with Gasteiger partial charge in [-0.3, -0.25) is 14.3 Å². The molecule has 10 heteroatoms. The zero-order chi connectivity index (χ0) is 19.0. The third kappa shape index (κ3) is 4.86. The van der Waals surface area contributed by atoms with Gasteiger partial charge in [0.1, 0.15) is 17.7 Å². The molecule has 0 spiro atoms. The van der Waals surface area contributed by atoms with Crippen LogP contribution in [0, 0.1) is 25.7 Å². The van der Waals surface area contributed by atoms with Crippen LogP contribution in [0.25, 0.3) is 0 Å². The SMILES string of the molecule is Cc1nc(C)n(CCCNC(=O)[C@H]2[C@@H]3CNC[C@@H](C3)[C@@H]3CCCC(=O)N32)n1.Cl.Cl. The molecule has 0 radical (unpaired) electrons. The van der Waals surface area contributed by atoms with Gasteiger partial charge in [-0.1, -0.05) is 0 Å². The van der Waals surface area contributed by atoms with Crippen LogP contribution in [-0.4, -0.2) is 63.2 Å². The highest BCUT2D eigenvalue weighted by Gasteiger charge is 2.50. The lowest BCUT2D eigenvalue weighted by molar-refractivity contribution is -0.157. The number of aromatic nitrogens is 3. The first kappa shape index (κ1) is 23.9. The third-order valence-corrected chi connectivity index (χ3v) is 6.32. The minimum Gasteiger partial charge on any atom is -0.354 e. The highest BCUT2D eigenvalue weighted by molar-refractivity contribution is 5.89. The minimum absolute atomic E-state index is 0. The van der Waals surface area contributed by atoms with Crippen molar-refractivity contribution in [3.63, 3.8) is 0 Å². The number of amides is 2. The molecule has 2 bridgehead atoms. The molecule has 2 N–H and O–H groups in total. The second kappa shape index (κ2) is 10.1. The van der Waals surface area contributed by atoms with Crippen molar-refractivity contribution in [3.8, 4) is 0 Å². The van der Waals surface area contributed by atoms with Gasteiger partial charge in [-0.2, -0.15) is 5.10 Å². The lowest BCUT2D eigenvalue weighted by Crippen LogP contribution is -2.68. The fourth-order valence-electron chi connectivity index (χ4n) is 5.17. The number of rotatable bonds is 5. The molecule has 3 aliphatic heterocycles. The average molecular weight is 447 g/mol. The summed E-state index contributed by atoms with van der Waals surface area (Å²) in [5, 5.41) is 10.9. The van der Waals surface area contributed by atoms with E-state index >= 15 is 0 Å². The monoisotopic (exact) mass is 446 g/mol. The number of nitrogens with zero attached hydrogens (tertiary/aromatic N) is 4. The molecule has 4 rings (SSSR count). The van der Waals surface area contributed by atoms with E-state index in [-0.39, 0.29) is 54.6 Å². The van der Waals surface area contributed by atoms with Crippen molar-refractivity contribution in [2.24, 2.45) is 11.8 Å². The van der Waals surface area contributed by atoms with Crippen LogP contribution >= 0.6 is 24.8 Å². The Kier molecular flexibility index (Phi) is 8.31. The Morgan fingerprint density at radius 3 is 2.72 bits per heavy atom. The molecule has 4 heterocycles. The summed E-state index contributed by atoms with van der Waals surface area (Å²) in [5.74, 6) is 2.56. The molecule has 1 aromatic heterocycles. The lowest BCUT2D eigenvalue weighted by atomic mass is 9.72. The van der Waals surface area contributed by atoms with Crippen LogP contribution in [0.1, 0.15) is 43.8 Å². The van der Waals surface area contributed by atoms with Gasteiger partial charge in [0.15, 0.2) is 0 Å². The number of carbonyl (C=O) groups is 2. The van der Waals surface area contributed by atoms with Crippen molar-refractivity contribution in [2.45, 2.75) is 64.6 Å². The molecule has 0 unspecified atom stereocenters. The summed E-state index contributed by atoms with van der Waals surface area (Å²) in [6.45, 7) is 6.93. The lowest BCUT2D eigenvalue weighted by Gasteiger charge is -2.53. The van der Waals surface area contributed by atoms with Crippen LogP contribution in [0.15, 0.2) is 0 Å².